The van der Waals surface area contributed by atoms with Crippen molar-refractivity contribution < 1.29 is 13.2 Å². The Morgan fingerprint density at radius 3 is 2.44 bits per heavy atom. The molecule has 0 spiro atoms. The average Bonchev–Trinajstić information content (AvgIpc) is 2.10. The van der Waals surface area contributed by atoms with Crippen LogP contribution in [0.5, 0.6) is 0 Å². The highest BCUT2D eigenvalue weighted by molar-refractivity contribution is 7.91. The van der Waals surface area contributed by atoms with Gasteiger partial charge in [-0.3, -0.25) is 0 Å². The predicted octanol–water partition coefficient (Wildman–Crippen LogP) is -0.180. The lowest BCUT2D eigenvalue weighted by atomic mass is 10.3. The molecule has 0 N–H and O–H groups in total. The van der Waals surface area contributed by atoms with Gasteiger partial charge in [0.15, 0.2) is 9.84 Å². The quantitative estimate of drug-likeness (QED) is 0.521. The molecule has 4 heteroatoms. The summed E-state index contributed by atoms with van der Waals surface area (Å²) in [6.07, 6.45) is 0.619. The summed E-state index contributed by atoms with van der Waals surface area (Å²) in [5.41, 5.74) is 0. The van der Waals surface area contributed by atoms with Gasteiger partial charge < -0.3 is 4.74 Å². The summed E-state index contributed by atoms with van der Waals surface area (Å²) < 4.78 is 26.3. The molecule has 0 aliphatic carbocycles. The molecule has 3 nitrogen and oxygen atoms in total. The van der Waals surface area contributed by atoms with Crippen LogP contribution < -0.4 is 0 Å². The minimum absolute atomic E-state index is 0.0463. The van der Waals surface area contributed by atoms with E-state index in [1.807, 2.05) is 0 Å². The Kier molecular flexibility index (Phi) is 1.77. The lowest BCUT2D eigenvalue weighted by Crippen LogP contribution is -2.11. The summed E-state index contributed by atoms with van der Waals surface area (Å²) in [7, 11) is -1.19. The zero-order valence-corrected chi connectivity index (χ0v) is 6.15. The Bertz CT molecular complexity index is 182. The fourth-order valence-electron chi connectivity index (χ4n) is 0.947. The minimum atomic E-state index is -2.73. The Hall–Kier alpha value is -0.0900. The van der Waals surface area contributed by atoms with E-state index in [0.29, 0.717) is 12.2 Å². The van der Waals surface area contributed by atoms with Gasteiger partial charge in [-0.2, -0.15) is 0 Å². The zero-order valence-electron chi connectivity index (χ0n) is 5.33. The molecule has 0 aromatic heterocycles. The van der Waals surface area contributed by atoms with Gasteiger partial charge >= 0.3 is 0 Å². The molecule has 0 aromatic carbocycles. The molecule has 1 aliphatic heterocycles. The molecule has 1 heterocycles. The predicted molar refractivity (Wildman–Crippen MR) is 34.1 cm³/mol. The molecule has 0 aromatic rings. The molecule has 0 unspecified atom stereocenters. The summed E-state index contributed by atoms with van der Waals surface area (Å²) in [5, 5.41) is 0. The molecule has 0 amide bonds. The summed E-state index contributed by atoms with van der Waals surface area (Å²) >= 11 is 0. The van der Waals surface area contributed by atoms with E-state index in [2.05, 4.69) is 0 Å². The molecule has 1 fully saturated rings. The number of hydrogen-bond donors (Lipinski definition) is 0. The van der Waals surface area contributed by atoms with Crippen molar-refractivity contribution in [3.8, 4) is 0 Å². The third kappa shape index (κ3) is 1.66. The zero-order chi connectivity index (χ0) is 6.91. The Morgan fingerprint density at radius 1 is 1.56 bits per heavy atom. The molecule has 1 rings (SSSR count). The maximum Gasteiger partial charge on any atom is 0.152 e. The van der Waals surface area contributed by atoms with E-state index in [0.717, 1.165) is 0 Å². The molecule has 1 saturated heterocycles. The van der Waals surface area contributed by atoms with Crippen LogP contribution >= 0.6 is 0 Å². The minimum Gasteiger partial charge on any atom is -0.380 e. The highest BCUT2D eigenvalue weighted by atomic mass is 32.2. The first-order chi connectivity index (χ1) is 4.14. The van der Waals surface area contributed by atoms with E-state index in [9.17, 15) is 8.42 Å². The van der Waals surface area contributed by atoms with Crippen molar-refractivity contribution in [3.63, 3.8) is 0 Å². The summed E-state index contributed by atoms with van der Waals surface area (Å²) in [4.78, 5) is 0. The fraction of sp³-hybridized carbons (Fsp3) is 1.00. The number of rotatable bonds is 1. The van der Waals surface area contributed by atoms with Gasteiger partial charge in [0.1, 0.15) is 0 Å². The van der Waals surface area contributed by atoms with Gasteiger partial charge in [-0.15, -0.1) is 0 Å². The van der Waals surface area contributed by atoms with Crippen LogP contribution in [0.3, 0.4) is 0 Å². The van der Waals surface area contributed by atoms with E-state index in [1.54, 1.807) is 7.11 Å². The van der Waals surface area contributed by atoms with Gasteiger partial charge in [0.25, 0.3) is 0 Å². The van der Waals surface area contributed by atoms with E-state index >= 15 is 0 Å². The molecule has 0 saturated carbocycles. The van der Waals surface area contributed by atoms with Crippen LogP contribution in [0.15, 0.2) is 0 Å². The summed E-state index contributed by atoms with van der Waals surface area (Å²) in [6.45, 7) is 0. The van der Waals surface area contributed by atoms with Gasteiger partial charge in [-0.05, 0) is 6.42 Å². The second-order valence-electron chi connectivity index (χ2n) is 2.26. The highest BCUT2D eigenvalue weighted by Crippen LogP contribution is 2.13. The van der Waals surface area contributed by atoms with Crippen molar-refractivity contribution in [2.45, 2.75) is 12.5 Å². The Balaban J connectivity index is 2.58. The van der Waals surface area contributed by atoms with E-state index < -0.39 is 9.84 Å². The van der Waals surface area contributed by atoms with E-state index in [1.165, 1.54) is 0 Å². The molecular weight excluding hydrogens is 140 g/mol. The lowest BCUT2D eigenvalue weighted by molar-refractivity contribution is 0.124. The van der Waals surface area contributed by atoms with E-state index in [-0.39, 0.29) is 11.9 Å². The lowest BCUT2D eigenvalue weighted by Gasteiger charge is -2.00. The van der Waals surface area contributed by atoms with Crippen molar-refractivity contribution >= 4 is 9.84 Å². The highest BCUT2D eigenvalue weighted by Gasteiger charge is 2.27. The topological polar surface area (TPSA) is 43.4 Å². The van der Waals surface area contributed by atoms with Crippen LogP contribution in [0.2, 0.25) is 0 Å². The van der Waals surface area contributed by atoms with Crippen LogP contribution in [-0.4, -0.2) is 33.1 Å². The van der Waals surface area contributed by atoms with Gasteiger partial charge in [0.2, 0.25) is 0 Å². The number of ether oxygens (including phenoxy) is 1. The number of methoxy groups -OCH3 is 1. The van der Waals surface area contributed by atoms with Crippen LogP contribution in [0.25, 0.3) is 0 Å². The molecule has 1 aliphatic rings. The van der Waals surface area contributed by atoms with Crippen molar-refractivity contribution in [1.82, 2.24) is 0 Å². The SMILES string of the molecule is CO[C@@H]1CCS(=O)(=O)C1. The largest absolute Gasteiger partial charge is 0.380 e. The maximum atomic E-state index is 10.7. The molecule has 9 heavy (non-hydrogen) atoms. The van der Waals surface area contributed by atoms with Gasteiger partial charge in [0, 0.05) is 7.11 Å². The van der Waals surface area contributed by atoms with Crippen molar-refractivity contribution in [3.05, 3.63) is 0 Å². The molecule has 0 bridgehead atoms. The second kappa shape index (κ2) is 2.27. The average molecular weight is 150 g/mol. The van der Waals surface area contributed by atoms with Gasteiger partial charge in [-0.25, -0.2) is 8.42 Å². The first kappa shape index (κ1) is 7.02. The Labute approximate surface area is 54.9 Å². The van der Waals surface area contributed by atoms with Crippen molar-refractivity contribution in [2.75, 3.05) is 18.6 Å². The van der Waals surface area contributed by atoms with Crippen LogP contribution in [-0.2, 0) is 14.6 Å². The first-order valence-electron chi connectivity index (χ1n) is 2.87. The maximum absolute atomic E-state index is 10.7. The van der Waals surface area contributed by atoms with Crippen molar-refractivity contribution in [2.24, 2.45) is 0 Å². The van der Waals surface area contributed by atoms with E-state index in [4.69, 9.17) is 4.74 Å². The third-order valence-electron chi connectivity index (χ3n) is 1.52. The standard InChI is InChI=1S/C5H10O3S/c1-8-5-2-3-9(6,7)4-5/h5H,2-4H2,1H3/t5-/m1/s1. The summed E-state index contributed by atoms with van der Waals surface area (Å²) in [6, 6.07) is 0. The van der Waals surface area contributed by atoms with Crippen molar-refractivity contribution in [1.29, 1.82) is 0 Å². The van der Waals surface area contributed by atoms with Crippen LogP contribution in [0.1, 0.15) is 6.42 Å². The molecule has 1 atom stereocenters. The number of hydrogen-bond acceptors (Lipinski definition) is 3. The Morgan fingerprint density at radius 2 is 2.22 bits per heavy atom. The third-order valence-corrected chi connectivity index (χ3v) is 3.26. The fourth-order valence-corrected chi connectivity index (χ4v) is 2.60. The smallest absolute Gasteiger partial charge is 0.152 e. The molecule has 54 valence electrons. The first-order valence-corrected chi connectivity index (χ1v) is 4.69. The summed E-state index contributed by atoms with van der Waals surface area (Å²) in [5.74, 6) is 0.509. The van der Waals surface area contributed by atoms with Crippen LogP contribution in [0.4, 0.5) is 0 Å². The molecular formula is C5H10O3S. The van der Waals surface area contributed by atoms with Crippen LogP contribution in [0, 0.1) is 0 Å². The number of sulfone groups is 1. The monoisotopic (exact) mass is 150 g/mol. The normalized spacial score (nSPS) is 32.8. The van der Waals surface area contributed by atoms with Gasteiger partial charge in [0.05, 0.1) is 17.6 Å². The molecule has 0 radical (unpaired) electrons. The second-order valence-corrected chi connectivity index (χ2v) is 4.49. The van der Waals surface area contributed by atoms with Gasteiger partial charge in [-0.1, -0.05) is 0 Å².